The van der Waals surface area contributed by atoms with Gasteiger partial charge in [0.25, 0.3) is 0 Å². The normalized spacial score (nSPS) is 19.3. The smallest absolute Gasteiger partial charge is 0.308 e. The summed E-state index contributed by atoms with van der Waals surface area (Å²) in [4.78, 5) is 22.8. The molecule has 80 valence electrons. The first-order valence-corrected chi connectivity index (χ1v) is 5.25. The first-order valence-electron chi connectivity index (χ1n) is 5.25. The van der Waals surface area contributed by atoms with Gasteiger partial charge < -0.3 is 4.74 Å². The molecule has 0 radical (unpaired) electrons. The van der Waals surface area contributed by atoms with Crippen LogP contribution in [0.25, 0.3) is 0 Å². The molecule has 1 aliphatic carbocycles. The monoisotopic (exact) mass is 198 g/mol. The van der Waals surface area contributed by atoms with Gasteiger partial charge in [0, 0.05) is 12.3 Å². The molecule has 0 amide bonds. The number of hydrogen-bond donors (Lipinski definition) is 0. The van der Waals surface area contributed by atoms with Crippen LogP contribution in [0.15, 0.2) is 0 Å². The first-order chi connectivity index (χ1) is 6.65. The van der Waals surface area contributed by atoms with E-state index >= 15 is 0 Å². The van der Waals surface area contributed by atoms with Crippen molar-refractivity contribution in [2.75, 3.05) is 7.11 Å². The molecule has 1 fully saturated rings. The molecule has 1 atom stereocenters. The number of carbonyl (C=O) groups is 2. The lowest BCUT2D eigenvalue weighted by Crippen LogP contribution is -2.20. The number of ether oxygens (including phenoxy) is 1. The summed E-state index contributed by atoms with van der Waals surface area (Å²) < 4.78 is 4.58. The third-order valence-electron chi connectivity index (χ3n) is 2.92. The van der Waals surface area contributed by atoms with Gasteiger partial charge in [0.2, 0.25) is 0 Å². The van der Waals surface area contributed by atoms with Crippen molar-refractivity contribution in [1.82, 2.24) is 0 Å². The minimum Gasteiger partial charge on any atom is -0.469 e. The van der Waals surface area contributed by atoms with Gasteiger partial charge in [-0.25, -0.2) is 0 Å². The van der Waals surface area contributed by atoms with Crippen molar-refractivity contribution >= 4 is 11.8 Å². The molecule has 0 heterocycles. The molecule has 0 saturated heterocycles. The number of methoxy groups -OCH3 is 1. The number of Topliss-reactive ketones (excluding diaryl/α,β-unsaturated/α-hetero) is 1. The topological polar surface area (TPSA) is 43.4 Å². The lowest BCUT2D eigenvalue weighted by Gasteiger charge is -2.11. The largest absolute Gasteiger partial charge is 0.469 e. The van der Waals surface area contributed by atoms with E-state index in [0.29, 0.717) is 6.42 Å². The van der Waals surface area contributed by atoms with E-state index in [4.69, 9.17) is 0 Å². The van der Waals surface area contributed by atoms with Crippen LogP contribution in [0.5, 0.6) is 0 Å². The molecule has 0 aromatic rings. The maximum absolute atomic E-state index is 11.7. The van der Waals surface area contributed by atoms with Crippen molar-refractivity contribution in [2.45, 2.75) is 39.0 Å². The number of esters is 1. The molecular formula is C11H18O3. The van der Waals surface area contributed by atoms with Crippen molar-refractivity contribution in [3.63, 3.8) is 0 Å². The van der Waals surface area contributed by atoms with Gasteiger partial charge in [0.1, 0.15) is 5.78 Å². The Kier molecular flexibility index (Phi) is 4.11. The van der Waals surface area contributed by atoms with Crippen LogP contribution in [0.4, 0.5) is 0 Å². The highest BCUT2D eigenvalue weighted by Crippen LogP contribution is 2.27. The van der Waals surface area contributed by atoms with E-state index in [9.17, 15) is 9.59 Å². The molecule has 1 saturated carbocycles. The second-order valence-electron chi connectivity index (χ2n) is 4.08. The summed E-state index contributed by atoms with van der Waals surface area (Å²) in [6.07, 6.45) is 4.67. The maximum Gasteiger partial charge on any atom is 0.308 e. The van der Waals surface area contributed by atoms with Gasteiger partial charge in [-0.3, -0.25) is 9.59 Å². The minimum absolute atomic E-state index is 0.210. The van der Waals surface area contributed by atoms with Crippen molar-refractivity contribution in [3.05, 3.63) is 0 Å². The van der Waals surface area contributed by atoms with Gasteiger partial charge in [-0.05, 0) is 12.8 Å². The fraction of sp³-hybridized carbons (Fsp3) is 0.818. The molecule has 0 aromatic heterocycles. The van der Waals surface area contributed by atoms with E-state index in [-0.39, 0.29) is 23.6 Å². The molecular weight excluding hydrogens is 180 g/mol. The lowest BCUT2D eigenvalue weighted by molar-refractivity contribution is -0.146. The fourth-order valence-electron chi connectivity index (χ4n) is 2.00. The lowest BCUT2D eigenvalue weighted by atomic mass is 9.94. The quantitative estimate of drug-likeness (QED) is 0.648. The Morgan fingerprint density at radius 2 is 1.93 bits per heavy atom. The van der Waals surface area contributed by atoms with E-state index in [0.717, 1.165) is 25.7 Å². The Hall–Kier alpha value is -0.860. The highest BCUT2D eigenvalue weighted by molar-refractivity contribution is 5.86. The van der Waals surface area contributed by atoms with Crippen LogP contribution in [-0.4, -0.2) is 18.9 Å². The van der Waals surface area contributed by atoms with E-state index in [1.807, 2.05) is 0 Å². The van der Waals surface area contributed by atoms with Crippen LogP contribution in [0.3, 0.4) is 0 Å². The van der Waals surface area contributed by atoms with Gasteiger partial charge in [0.05, 0.1) is 13.0 Å². The zero-order chi connectivity index (χ0) is 10.6. The summed E-state index contributed by atoms with van der Waals surface area (Å²) in [6, 6.07) is 0. The Balaban J connectivity index is 2.35. The average Bonchev–Trinajstić information content (AvgIpc) is 2.69. The number of ketones is 1. The van der Waals surface area contributed by atoms with E-state index in [1.54, 1.807) is 6.92 Å². The van der Waals surface area contributed by atoms with E-state index in [2.05, 4.69) is 4.74 Å². The maximum atomic E-state index is 11.7. The highest BCUT2D eigenvalue weighted by atomic mass is 16.5. The standard InChI is InChI=1S/C11H18O3/c1-8(11(13)14-2)7-10(12)9-5-3-4-6-9/h8-9H,3-7H2,1-2H3. The van der Waals surface area contributed by atoms with Crippen LogP contribution < -0.4 is 0 Å². The van der Waals surface area contributed by atoms with Gasteiger partial charge in [0.15, 0.2) is 0 Å². The van der Waals surface area contributed by atoms with Crippen LogP contribution in [0.1, 0.15) is 39.0 Å². The van der Waals surface area contributed by atoms with Gasteiger partial charge in [-0.2, -0.15) is 0 Å². The third kappa shape index (κ3) is 2.82. The Bertz CT molecular complexity index is 217. The summed E-state index contributed by atoms with van der Waals surface area (Å²) >= 11 is 0. The summed E-state index contributed by atoms with van der Waals surface area (Å²) in [5, 5.41) is 0. The average molecular weight is 198 g/mol. The molecule has 14 heavy (non-hydrogen) atoms. The predicted octanol–water partition coefficient (Wildman–Crippen LogP) is 1.94. The zero-order valence-electron chi connectivity index (χ0n) is 8.91. The molecule has 0 bridgehead atoms. The first kappa shape index (κ1) is 11.2. The predicted molar refractivity (Wildman–Crippen MR) is 52.8 cm³/mol. The fourth-order valence-corrected chi connectivity index (χ4v) is 2.00. The molecule has 0 aliphatic heterocycles. The van der Waals surface area contributed by atoms with Gasteiger partial charge in [-0.15, -0.1) is 0 Å². The van der Waals surface area contributed by atoms with Crippen molar-refractivity contribution < 1.29 is 14.3 Å². The van der Waals surface area contributed by atoms with E-state index in [1.165, 1.54) is 7.11 Å². The molecule has 1 rings (SSSR count). The summed E-state index contributed by atoms with van der Waals surface area (Å²) in [5.41, 5.74) is 0. The molecule has 3 nitrogen and oxygen atoms in total. The summed E-state index contributed by atoms with van der Waals surface area (Å²) in [6.45, 7) is 1.75. The van der Waals surface area contributed by atoms with Crippen LogP contribution in [0, 0.1) is 11.8 Å². The third-order valence-corrected chi connectivity index (χ3v) is 2.92. The second kappa shape index (κ2) is 5.13. The van der Waals surface area contributed by atoms with Gasteiger partial charge >= 0.3 is 5.97 Å². The number of carbonyl (C=O) groups excluding carboxylic acids is 2. The second-order valence-corrected chi connectivity index (χ2v) is 4.08. The van der Waals surface area contributed by atoms with Gasteiger partial charge in [-0.1, -0.05) is 19.8 Å². The molecule has 1 aliphatic rings. The summed E-state index contributed by atoms with van der Waals surface area (Å²) in [7, 11) is 1.36. The molecule has 0 spiro atoms. The van der Waals surface area contributed by atoms with Crippen molar-refractivity contribution in [1.29, 1.82) is 0 Å². The molecule has 1 unspecified atom stereocenters. The Morgan fingerprint density at radius 3 is 2.43 bits per heavy atom. The Labute approximate surface area is 84.8 Å². The van der Waals surface area contributed by atoms with Crippen LogP contribution in [0.2, 0.25) is 0 Å². The van der Waals surface area contributed by atoms with Crippen molar-refractivity contribution in [3.8, 4) is 0 Å². The van der Waals surface area contributed by atoms with Crippen LogP contribution in [-0.2, 0) is 14.3 Å². The molecule has 3 heteroatoms. The molecule has 0 N–H and O–H groups in total. The summed E-state index contributed by atoms with van der Waals surface area (Å²) in [5.74, 6) is -0.119. The highest BCUT2D eigenvalue weighted by Gasteiger charge is 2.26. The number of hydrogen-bond acceptors (Lipinski definition) is 3. The van der Waals surface area contributed by atoms with Crippen LogP contribution >= 0.6 is 0 Å². The van der Waals surface area contributed by atoms with E-state index < -0.39 is 0 Å². The zero-order valence-corrected chi connectivity index (χ0v) is 8.91. The number of rotatable bonds is 4. The molecule has 0 aromatic carbocycles. The van der Waals surface area contributed by atoms with Crippen molar-refractivity contribution in [2.24, 2.45) is 11.8 Å². The SMILES string of the molecule is COC(=O)C(C)CC(=O)C1CCCC1. The minimum atomic E-state index is -0.284. The Morgan fingerprint density at radius 1 is 1.36 bits per heavy atom.